The Morgan fingerprint density at radius 3 is 2.87 bits per heavy atom. The lowest BCUT2D eigenvalue weighted by Gasteiger charge is -2.59. The van der Waals surface area contributed by atoms with E-state index >= 15 is 0 Å². The molecule has 9 atom stereocenters. The second-order valence-corrected chi connectivity index (χ2v) is 9.97. The van der Waals surface area contributed by atoms with Gasteiger partial charge in [0, 0.05) is 11.3 Å². The Morgan fingerprint density at radius 1 is 1.04 bits per heavy atom. The molecular weight excluding hydrogens is 284 g/mol. The van der Waals surface area contributed by atoms with Crippen LogP contribution in [-0.4, -0.2) is 18.8 Å². The predicted molar refractivity (Wildman–Crippen MR) is 88.7 cm³/mol. The molecule has 0 aromatic heterocycles. The van der Waals surface area contributed by atoms with Crippen LogP contribution in [0.25, 0.3) is 0 Å². The van der Waals surface area contributed by atoms with Gasteiger partial charge < -0.3 is 9.47 Å². The van der Waals surface area contributed by atoms with E-state index in [2.05, 4.69) is 13.5 Å². The Bertz CT molecular complexity index is 570. The Hall–Kier alpha value is -0.500. The van der Waals surface area contributed by atoms with E-state index in [1.54, 1.807) is 0 Å². The van der Waals surface area contributed by atoms with Crippen LogP contribution in [0.1, 0.15) is 58.3 Å². The fourth-order valence-corrected chi connectivity index (χ4v) is 8.42. The van der Waals surface area contributed by atoms with Gasteiger partial charge in [-0.3, -0.25) is 0 Å². The molecule has 2 heterocycles. The number of hydrogen-bond acceptors (Lipinski definition) is 2. The first-order valence-corrected chi connectivity index (χ1v) is 10.1. The highest BCUT2D eigenvalue weighted by Crippen LogP contribution is 2.70. The lowest BCUT2D eigenvalue weighted by Crippen LogP contribution is -2.54. The van der Waals surface area contributed by atoms with Gasteiger partial charge in [-0.25, -0.2) is 0 Å². The molecule has 23 heavy (non-hydrogen) atoms. The van der Waals surface area contributed by atoms with Gasteiger partial charge in [-0.15, -0.1) is 0 Å². The summed E-state index contributed by atoms with van der Waals surface area (Å²) in [5, 5.41) is 0. The van der Waals surface area contributed by atoms with Gasteiger partial charge in [0.2, 0.25) is 0 Å². The molecule has 2 heteroatoms. The first-order chi connectivity index (χ1) is 11.1. The molecule has 126 valence electrons. The molecule has 0 radical (unpaired) electrons. The minimum Gasteiger partial charge on any atom is -0.498 e. The van der Waals surface area contributed by atoms with Crippen LogP contribution < -0.4 is 0 Å². The summed E-state index contributed by atoms with van der Waals surface area (Å²) in [4.78, 5) is 0. The summed E-state index contributed by atoms with van der Waals surface area (Å²) in [6.07, 6.45) is 12.6. The van der Waals surface area contributed by atoms with E-state index in [4.69, 9.17) is 9.47 Å². The number of ether oxygens (including phenoxy) is 2. The first-order valence-electron chi connectivity index (χ1n) is 10.1. The summed E-state index contributed by atoms with van der Waals surface area (Å²) < 4.78 is 12.0. The van der Waals surface area contributed by atoms with Crippen LogP contribution in [0.2, 0.25) is 0 Å². The van der Waals surface area contributed by atoms with Crippen molar-refractivity contribution in [1.82, 2.24) is 0 Å². The summed E-state index contributed by atoms with van der Waals surface area (Å²) in [6, 6.07) is 0. The summed E-state index contributed by atoms with van der Waals surface area (Å²) in [7, 11) is 0. The van der Waals surface area contributed by atoms with E-state index < -0.39 is 0 Å². The molecule has 0 aromatic carbocycles. The van der Waals surface area contributed by atoms with Gasteiger partial charge in [0.05, 0.1) is 24.6 Å². The fraction of sp³-hybridized carbons (Fsp3) is 0.905. The molecule has 4 saturated carbocycles. The van der Waals surface area contributed by atoms with Crippen molar-refractivity contribution in [2.24, 2.45) is 40.4 Å². The molecule has 1 spiro atoms. The van der Waals surface area contributed by atoms with Crippen molar-refractivity contribution in [1.29, 1.82) is 0 Å². The zero-order chi connectivity index (χ0) is 15.4. The summed E-state index contributed by atoms with van der Waals surface area (Å²) in [5.74, 6) is 5.57. The molecule has 0 amide bonds. The van der Waals surface area contributed by atoms with Gasteiger partial charge in [0.25, 0.3) is 0 Å². The molecule has 0 bridgehead atoms. The van der Waals surface area contributed by atoms with Gasteiger partial charge in [-0.1, -0.05) is 13.5 Å². The minimum atomic E-state index is 0.481. The normalized spacial score (nSPS) is 62.5. The SMILES string of the molecule is C=C1OC[C@]23CC[C@H]4[C@@H](CCC5CC6OC6C[C@@]54C)[C@@H]2CC[C@H]13. The largest absolute Gasteiger partial charge is 0.498 e. The molecule has 2 saturated heterocycles. The zero-order valence-electron chi connectivity index (χ0n) is 14.4. The van der Waals surface area contributed by atoms with Crippen molar-refractivity contribution in [2.75, 3.05) is 6.61 Å². The average molecular weight is 314 g/mol. The van der Waals surface area contributed by atoms with Crippen molar-refractivity contribution >= 4 is 0 Å². The van der Waals surface area contributed by atoms with Crippen LogP contribution in [-0.2, 0) is 9.47 Å². The fourth-order valence-electron chi connectivity index (χ4n) is 8.42. The average Bonchev–Trinajstić information content (AvgIpc) is 3.04. The van der Waals surface area contributed by atoms with E-state index in [0.717, 1.165) is 36.0 Å². The molecule has 6 rings (SSSR count). The number of hydrogen-bond donors (Lipinski definition) is 0. The third-order valence-corrected chi connectivity index (χ3v) is 9.54. The molecule has 2 aliphatic heterocycles. The zero-order valence-corrected chi connectivity index (χ0v) is 14.4. The summed E-state index contributed by atoms with van der Waals surface area (Å²) in [5.41, 5.74) is 1.05. The molecule has 0 aromatic rings. The summed E-state index contributed by atoms with van der Waals surface area (Å²) >= 11 is 0. The Labute approximate surface area is 140 Å². The third kappa shape index (κ3) is 1.56. The Morgan fingerprint density at radius 2 is 1.96 bits per heavy atom. The van der Waals surface area contributed by atoms with E-state index in [0.29, 0.717) is 29.0 Å². The number of allylic oxidation sites excluding steroid dienone is 1. The maximum Gasteiger partial charge on any atom is 0.0943 e. The number of fused-ring (bicyclic) bond motifs is 5. The van der Waals surface area contributed by atoms with E-state index in [-0.39, 0.29) is 0 Å². The maximum atomic E-state index is 6.00. The molecule has 6 aliphatic rings. The summed E-state index contributed by atoms with van der Waals surface area (Å²) in [6.45, 7) is 7.87. The number of epoxide rings is 1. The first kappa shape index (κ1) is 13.8. The maximum absolute atomic E-state index is 6.00. The van der Waals surface area contributed by atoms with Crippen LogP contribution in [0.15, 0.2) is 12.3 Å². The second kappa shape index (κ2) is 4.18. The Kier molecular flexibility index (Phi) is 2.50. The lowest BCUT2D eigenvalue weighted by molar-refractivity contribution is -0.108. The van der Waals surface area contributed by atoms with Crippen LogP contribution >= 0.6 is 0 Å². The molecule has 2 nitrogen and oxygen atoms in total. The standard InChI is InChI=1S/C21H30O2/c1-12-15-5-6-17-14-4-3-13-9-18-19(23-18)10-20(13,2)16(14)7-8-21(15,17)11-22-12/h13-19H,1,3-11H2,2H3/t13?,14-,15-,16+,17+,18?,19?,20+,21+/m1/s1. The molecule has 4 aliphatic carbocycles. The van der Waals surface area contributed by atoms with Crippen molar-refractivity contribution in [3.8, 4) is 0 Å². The van der Waals surface area contributed by atoms with Crippen LogP contribution in [0.3, 0.4) is 0 Å². The topological polar surface area (TPSA) is 21.8 Å². The van der Waals surface area contributed by atoms with Crippen LogP contribution in [0.5, 0.6) is 0 Å². The second-order valence-electron chi connectivity index (χ2n) is 9.97. The van der Waals surface area contributed by atoms with Crippen molar-refractivity contribution in [3.05, 3.63) is 12.3 Å². The highest BCUT2D eigenvalue weighted by atomic mass is 16.6. The van der Waals surface area contributed by atoms with Crippen molar-refractivity contribution < 1.29 is 9.47 Å². The molecule has 6 fully saturated rings. The smallest absolute Gasteiger partial charge is 0.0943 e. The lowest BCUT2D eigenvalue weighted by atomic mass is 9.45. The highest BCUT2D eigenvalue weighted by Gasteiger charge is 2.66. The van der Waals surface area contributed by atoms with E-state index in [9.17, 15) is 0 Å². The highest BCUT2D eigenvalue weighted by molar-refractivity contribution is 5.19. The Balaban J connectivity index is 1.35. The number of rotatable bonds is 0. The van der Waals surface area contributed by atoms with Gasteiger partial charge in [0.1, 0.15) is 0 Å². The predicted octanol–water partition coefficient (Wildman–Crippen LogP) is 4.55. The molecule has 0 N–H and O–H groups in total. The third-order valence-electron chi connectivity index (χ3n) is 9.54. The molecular formula is C21H30O2. The van der Waals surface area contributed by atoms with Crippen molar-refractivity contribution in [3.63, 3.8) is 0 Å². The van der Waals surface area contributed by atoms with Crippen LogP contribution in [0.4, 0.5) is 0 Å². The van der Waals surface area contributed by atoms with Gasteiger partial charge in [-0.2, -0.15) is 0 Å². The van der Waals surface area contributed by atoms with Crippen molar-refractivity contribution in [2.45, 2.75) is 70.5 Å². The van der Waals surface area contributed by atoms with Crippen LogP contribution in [0, 0.1) is 40.4 Å². The quantitative estimate of drug-likeness (QED) is 0.612. The molecule has 3 unspecified atom stereocenters. The monoisotopic (exact) mass is 314 g/mol. The minimum absolute atomic E-state index is 0.481. The van der Waals surface area contributed by atoms with E-state index in [1.165, 1.54) is 51.4 Å². The van der Waals surface area contributed by atoms with Gasteiger partial charge >= 0.3 is 0 Å². The van der Waals surface area contributed by atoms with Gasteiger partial charge in [-0.05, 0) is 80.5 Å². The van der Waals surface area contributed by atoms with Gasteiger partial charge in [0.15, 0.2) is 0 Å². The van der Waals surface area contributed by atoms with E-state index in [1.807, 2.05) is 0 Å².